The van der Waals surface area contributed by atoms with Gasteiger partial charge in [0.05, 0.1) is 0 Å². The second kappa shape index (κ2) is 71.1. The Balaban J connectivity index is 4.31. The number of unbranched alkanes of at least 4 members (excludes halogenated alkanes) is 41. The molecule has 0 rings (SSSR count). The van der Waals surface area contributed by atoms with E-state index in [2.05, 4.69) is 106 Å². The van der Waals surface area contributed by atoms with Crippen molar-refractivity contribution in [1.82, 2.24) is 0 Å². The molecular weight excluding hydrogens is 1020 g/mol. The maximum absolute atomic E-state index is 13.0. The lowest BCUT2D eigenvalue weighted by Crippen LogP contribution is -2.30. The molecule has 6 nitrogen and oxygen atoms in total. The normalized spacial score (nSPS) is 12.6. The third-order valence-corrected chi connectivity index (χ3v) is 15.8. The molecule has 0 amide bonds. The van der Waals surface area contributed by atoms with Crippen molar-refractivity contribution in [1.29, 1.82) is 0 Å². The lowest BCUT2D eigenvalue weighted by Gasteiger charge is -2.18. The Kier molecular flexibility index (Phi) is 68.2. The quantitative estimate of drug-likeness (QED) is 0.0261. The highest BCUT2D eigenvalue weighted by Crippen LogP contribution is 2.17. The molecule has 0 heterocycles. The van der Waals surface area contributed by atoms with Crippen LogP contribution in [0.25, 0.3) is 0 Å². The molecule has 480 valence electrons. The first-order chi connectivity index (χ1) is 41.0. The lowest BCUT2D eigenvalue weighted by atomic mass is 10.0. The Hall–Kier alpha value is -3.41. The van der Waals surface area contributed by atoms with Gasteiger partial charge in [0, 0.05) is 19.3 Å². The SMILES string of the molecule is CCCCC/C=C\C/C=C\C/C=C\CCCCCCCCC(=O)OC(COC(=O)CCCCCCCCC/C=C\CCCCCCCC)COC(=O)CCCCCCCCCCCCCCCC/C=C\C/C=C\C/C=C\CCCCCCC. The summed E-state index contributed by atoms with van der Waals surface area (Å²) in [6, 6.07) is 0. The van der Waals surface area contributed by atoms with Crippen molar-refractivity contribution in [2.45, 2.75) is 374 Å². The van der Waals surface area contributed by atoms with E-state index >= 15 is 0 Å². The van der Waals surface area contributed by atoms with Crippen LogP contribution < -0.4 is 0 Å². The number of hydrogen-bond acceptors (Lipinski definition) is 6. The fourth-order valence-electron chi connectivity index (χ4n) is 10.4. The Morgan fingerprint density at radius 3 is 0.711 bits per heavy atom. The molecule has 0 N–H and O–H groups in total. The van der Waals surface area contributed by atoms with E-state index in [1.165, 1.54) is 231 Å². The van der Waals surface area contributed by atoms with Gasteiger partial charge in [0.25, 0.3) is 0 Å². The second-order valence-electron chi connectivity index (χ2n) is 24.1. The summed E-state index contributed by atoms with van der Waals surface area (Å²) in [4.78, 5) is 38.5. The molecule has 0 saturated heterocycles. The van der Waals surface area contributed by atoms with Gasteiger partial charge in [-0.3, -0.25) is 14.4 Å². The summed E-state index contributed by atoms with van der Waals surface area (Å²) < 4.78 is 17.0. The van der Waals surface area contributed by atoms with Gasteiger partial charge in [0.15, 0.2) is 6.10 Å². The third kappa shape index (κ3) is 69.3. The zero-order valence-corrected chi connectivity index (χ0v) is 55.2. The zero-order valence-electron chi connectivity index (χ0n) is 55.2. The van der Waals surface area contributed by atoms with Gasteiger partial charge in [-0.15, -0.1) is 0 Å². The molecule has 6 heteroatoms. The van der Waals surface area contributed by atoms with Gasteiger partial charge in [-0.25, -0.2) is 0 Å². The largest absolute Gasteiger partial charge is 0.462 e. The van der Waals surface area contributed by atoms with Crippen molar-refractivity contribution >= 4 is 17.9 Å². The van der Waals surface area contributed by atoms with E-state index in [0.717, 1.165) is 96.3 Å². The first-order valence-corrected chi connectivity index (χ1v) is 36.1. The minimum absolute atomic E-state index is 0.0814. The monoisotopic (exact) mass is 1160 g/mol. The average molecular weight is 1160 g/mol. The van der Waals surface area contributed by atoms with Crippen LogP contribution >= 0.6 is 0 Å². The Bertz CT molecular complexity index is 1570. The molecule has 0 bridgehead atoms. The van der Waals surface area contributed by atoms with E-state index in [1.54, 1.807) is 0 Å². The molecule has 0 aliphatic carbocycles. The number of rotatable bonds is 66. The minimum atomic E-state index is -0.788. The molecule has 0 saturated carbocycles. The van der Waals surface area contributed by atoms with Crippen LogP contribution in [0.15, 0.2) is 85.1 Å². The fourth-order valence-corrected chi connectivity index (χ4v) is 10.4. The highest BCUT2D eigenvalue weighted by atomic mass is 16.6. The number of hydrogen-bond donors (Lipinski definition) is 0. The van der Waals surface area contributed by atoms with Crippen molar-refractivity contribution in [3.05, 3.63) is 85.1 Å². The zero-order chi connectivity index (χ0) is 59.9. The molecule has 0 radical (unpaired) electrons. The number of ether oxygens (including phenoxy) is 3. The van der Waals surface area contributed by atoms with Crippen LogP contribution in [0.5, 0.6) is 0 Å². The van der Waals surface area contributed by atoms with E-state index in [9.17, 15) is 14.4 Å². The number of esters is 3. The summed E-state index contributed by atoms with van der Waals surface area (Å²) in [5.41, 5.74) is 0. The van der Waals surface area contributed by atoms with Crippen molar-refractivity contribution in [3.8, 4) is 0 Å². The maximum atomic E-state index is 13.0. The van der Waals surface area contributed by atoms with E-state index in [4.69, 9.17) is 14.2 Å². The minimum Gasteiger partial charge on any atom is -0.462 e. The molecule has 1 unspecified atom stereocenters. The Labute approximate surface area is 515 Å². The van der Waals surface area contributed by atoms with Crippen LogP contribution in [0.4, 0.5) is 0 Å². The van der Waals surface area contributed by atoms with E-state index in [-0.39, 0.29) is 31.1 Å². The van der Waals surface area contributed by atoms with Crippen molar-refractivity contribution < 1.29 is 28.6 Å². The van der Waals surface area contributed by atoms with E-state index in [0.29, 0.717) is 19.3 Å². The second-order valence-corrected chi connectivity index (χ2v) is 24.1. The molecule has 0 aromatic carbocycles. The van der Waals surface area contributed by atoms with Gasteiger partial charge in [-0.1, -0.05) is 311 Å². The molecule has 0 aromatic heterocycles. The van der Waals surface area contributed by atoms with E-state index < -0.39 is 6.10 Å². The van der Waals surface area contributed by atoms with Gasteiger partial charge >= 0.3 is 17.9 Å². The summed E-state index contributed by atoms with van der Waals surface area (Å²) in [5.74, 6) is -0.881. The molecule has 1 atom stereocenters. The number of carbonyl (C=O) groups excluding carboxylic acids is 3. The summed E-state index contributed by atoms with van der Waals surface area (Å²) in [6.07, 6.45) is 94.6. The van der Waals surface area contributed by atoms with Gasteiger partial charge in [-0.05, 0) is 122 Å². The standard InChI is InChI=1S/C77H136O6/c1-4-7-10-13-16-19-22-25-28-31-33-34-35-36-37-38-39-40-41-42-44-46-49-52-55-58-61-64-67-70-76(79)82-73-74(72-81-75(78)69-66-63-60-57-54-51-48-45-30-27-24-21-18-15-12-9-6-3)83-77(80)71-68-65-62-59-56-53-50-47-43-32-29-26-23-20-17-14-11-8-5-2/h17,20,22,25-27,29-31,33,35-36,43,47,74H,4-16,18-19,21,23-24,28,32,34,37-42,44-46,48-73H2,1-3H3/b20-17-,25-22-,29-26-,30-27-,33-31-,36-35-,47-43-. The van der Waals surface area contributed by atoms with Gasteiger partial charge in [0.2, 0.25) is 0 Å². The van der Waals surface area contributed by atoms with Crippen LogP contribution in [0.1, 0.15) is 367 Å². The lowest BCUT2D eigenvalue weighted by molar-refractivity contribution is -0.167. The summed E-state index contributed by atoms with van der Waals surface area (Å²) in [5, 5.41) is 0. The van der Waals surface area contributed by atoms with Crippen LogP contribution in [0.3, 0.4) is 0 Å². The van der Waals surface area contributed by atoms with E-state index in [1.807, 2.05) is 0 Å². The smallest absolute Gasteiger partial charge is 0.306 e. The molecule has 83 heavy (non-hydrogen) atoms. The first-order valence-electron chi connectivity index (χ1n) is 36.1. The number of allylic oxidation sites excluding steroid dienone is 14. The Morgan fingerprint density at radius 1 is 0.241 bits per heavy atom. The van der Waals surface area contributed by atoms with Crippen molar-refractivity contribution in [3.63, 3.8) is 0 Å². The molecule has 0 aliphatic heterocycles. The number of carbonyl (C=O) groups is 3. The van der Waals surface area contributed by atoms with Crippen LogP contribution in [-0.2, 0) is 28.6 Å². The van der Waals surface area contributed by atoms with Gasteiger partial charge in [0.1, 0.15) is 13.2 Å². The van der Waals surface area contributed by atoms with Crippen LogP contribution in [-0.4, -0.2) is 37.2 Å². The third-order valence-electron chi connectivity index (χ3n) is 15.8. The summed E-state index contributed by atoms with van der Waals surface area (Å²) >= 11 is 0. The summed E-state index contributed by atoms with van der Waals surface area (Å²) in [6.45, 7) is 6.63. The molecular formula is C77H136O6. The first kappa shape index (κ1) is 79.6. The van der Waals surface area contributed by atoms with Crippen LogP contribution in [0.2, 0.25) is 0 Å². The van der Waals surface area contributed by atoms with Crippen molar-refractivity contribution in [2.75, 3.05) is 13.2 Å². The highest BCUT2D eigenvalue weighted by Gasteiger charge is 2.19. The fraction of sp³-hybridized carbons (Fsp3) is 0.779. The van der Waals surface area contributed by atoms with Gasteiger partial charge < -0.3 is 14.2 Å². The maximum Gasteiger partial charge on any atom is 0.306 e. The molecule has 0 aromatic rings. The van der Waals surface area contributed by atoms with Gasteiger partial charge in [-0.2, -0.15) is 0 Å². The predicted octanol–water partition coefficient (Wildman–Crippen LogP) is 25.0. The van der Waals surface area contributed by atoms with Crippen LogP contribution in [0, 0.1) is 0 Å². The molecule has 0 spiro atoms. The Morgan fingerprint density at radius 2 is 0.434 bits per heavy atom. The van der Waals surface area contributed by atoms with Crippen molar-refractivity contribution in [2.24, 2.45) is 0 Å². The molecule has 0 fully saturated rings. The summed E-state index contributed by atoms with van der Waals surface area (Å²) in [7, 11) is 0. The average Bonchev–Trinajstić information content (AvgIpc) is 3.49. The highest BCUT2D eigenvalue weighted by molar-refractivity contribution is 5.71. The topological polar surface area (TPSA) is 78.9 Å². The molecule has 0 aliphatic rings. The predicted molar refractivity (Wildman–Crippen MR) is 362 cm³/mol.